The topological polar surface area (TPSA) is 18.5 Å². The molecular weight excluding hydrogens is 188 g/mol. The highest BCUT2D eigenvalue weighted by atomic mass is 28.3. The van der Waals surface area contributed by atoms with Crippen LogP contribution in [-0.2, 0) is 8.23 Å². The van der Waals surface area contributed by atoms with Gasteiger partial charge in [-0.15, -0.1) is 0 Å². The average Bonchev–Trinajstić information content (AvgIpc) is 2.03. The van der Waals surface area contributed by atoms with Crippen molar-refractivity contribution in [1.82, 2.24) is 0 Å². The summed E-state index contributed by atoms with van der Waals surface area (Å²) in [7, 11) is 0.205. The van der Waals surface area contributed by atoms with E-state index >= 15 is 0 Å². The second-order valence-electron chi connectivity index (χ2n) is 2.73. The largest absolute Gasteiger partial charge is 0.449 e. The molecule has 0 bridgehead atoms. The standard InChI is InChI=1S/C6H20O2Si3/c1-2-3-4-5-6-10-8-11-7-9/h2-6,10-11H2,1,9H3. The van der Waals surface area contributed by atoms with Gasteiger partial charge in [0.1, 0.15) is 20.2 Å². The van der Waals surface area contributed by atoms with E-state index in [-0.39, 0.29) is 9.76 Å². The minimum Gasteiger partial charge on any atom is -0.449 e. The van der Waals surface area contributed by atoms with E-state index in [1.807, 2.05) is 0 Å². The molecule has 0 radical (unpaired) electrons. The molecule has 68 valence electrons. The van der Waals surface area contributed by atoms with Crippen LogP contribution >= 0.6 is 0 Å². The van der Waals surface area contributed by atoms with E-state index in [2.05, 4.69) is 6.92 Å². The van der Waals surface area contributed by atoms with Crippen molar-refractivity contribution in [2.45, 2.75) is 38.7 Å². The van der Waals surface area contributed by atoms with Crippen molar-refractivity contribution in [3.63, 3.8) is 0 Å². The van der Waals surface area contributed by atoms with Crippen LogP contribution in [0, 0.1) is 0 Å². The van der Waals surface area contributed by atoms with E-state index < -0.39 is 10.0 Å². The Bertz CT molecular complexity index is 64.8. The Balaban J connectivity index is 2.69. The number of rotatable bonds is 8. The van der Waals surface area contributed by atoms with E-state index in [1.54, 1.807) is 0 Å². The number of hydrogen-bond donors (Lipinski definition) is 0. The Morgan fingerprint density at radius 2 is 2.09 bits per heavy atom. The molecule has 0 N–H and O–H groups in total. The van der Waals surface area contributed by atoms with Crippen LogP contribution in [0.15, 0.2) is 0 Å². The third-order valence-corrected chi connectivity index (χ3v) is 5.15. The summed E-state index contributed by atoms with van der Waals surface area (Å²) in [5, 5.41) is 0. The lowest BCUT2D eigenvalue weighted by Gasteiger charge is -2.01. The summed E-state index contributed by atoms with van der Waals surface area (Å²) < 4.78 is 10.5. The van der Waals surface area contributed by atoms with Crippen molar-refractivity contribution in [2.24, 2.45) is 0 Å². The lowest BCUT2D eigenvalue weighted by Crippen LogP contribution is -2.05. The molecule has 0 aliphatic rings. The van der Waals surface area contributed by atoms with Crippen LogP contribution in [0.2, 0.25) is 6.04 Å². The molecule has 0 saturated carbocycles. The molecule has 2 nitrogen and oxygen atoms in total. The Labute approximate surface area is 77.6 Å². The maximum Gasteiger partial charge on any atom is 0.282 e. The molecule has 0 fully saturated rings. The fourth-order valence-corrected chi connectivity index (χ4v) is 4.96. The van der Waals surface area contributed by atoms with Gasteiger partial charge in [0.15, 0.2) is 0 Å². The highest BCUT2D eigenvalue weighted by Crippen LogP contribution is 2.01. The second kappa shape index (κ2) is 10.6. The first-order valence-corrected chi connectivity index (χ1v) is 8.03. The zero-order chi connectivity index (χ0) is 8.36. The summed E-state index contributed by atoms with van der Waals surface area (Å²) in [5.41, 5.74) is 0. The van der Waals surface area contributed by atoms with Crippen molar-refractivity contribution in [3.8, 4) is 0 Å². The van der Waals surface area contributed by atoms with Gasteiger partial charge in [-0.25, -0.2) is 0 Å². The van der Waals surface area contributed by atoms with Crippen LogP contribution in [0.4, 0.5) is 0 Å². The van der Waals surface area contributed by atoms with E-state index in [4.69, 9.17) is 8.23 Å². The average molecular weight is 208 g/mol. The van der Waals surface area contributed by atoms with Gasteiger partial charge in [0, 0.05) is 0 Å². The van der Waals surface area contributed by atoms with Crippen molar-refractivity contribution >= 4 is 30.3 Å². The lowest BCUT2D eigenvalue weighted by atomic mass is 10.2. The summed E-state index contributed by atoms with van der Waals surface area (Å²) >= 11 is 0. The second-order valence-corrected chi connectivity index (χ2v) is 8.02. The molecule has 0 rings (SSSR count). The SMILES string of the molecule is CCCCCC[SiH2]O[SiH2]O[SiH3]. The van der Waals surface area contributed by atoms with Crippen LogP contribution in [0.5, 0.6) is 0 Å². The smallest absolute Gasteiger partial charge is 0.282 e. The summed E-state index contributed by atoms with van der Waals surface area (Å²) in [6, 6.07) is 1.36. The van der Waals surface area contributed by atoms with E-state index in [0.717, 1.165) is 10.5 Å². The normalized spacial score (nSPS) is 12.8. The molecule has 0 heterocycles. The summed E-state index contributed by atoms with van der Waals surface area (Å²) in [6.45, 7) is 2.25. The lowest BCUT2D eigenvalue weighted by molar-refractivity contribution is 0.499. The first-order chi connectivity index (χ1) is 5.41. The van der Waals surface area contributed by atoms with Gasteiger partial charge < -0.3 is 8.23 Å². The van der Waals surface area contributed by atoms with Crippen molar-refractivity contribution in [3.05, 3.63) is 0 Å². The molecule has 0 aliphatic carbocycles. The van der Waals surface area contributed by atoms with Crippen molar-refractivity contribution < 1.29 is 8.23 Å². The minimum absolute atomic E-state index is 0.169. The van der Waals surface area contributed by atoms with Crippen molar-refractivity contribution in [1.29, 1.82) is 0 Å². The molecule has 0 aromatic rings. The molecule has 0 atom stereocenters. The van der Waals surface area contributed by atoms with Crippen LogP contribution in [0.1, 0.15) is 32.6 Å². The van der Waals surface area contributed by atoms with Crippen LogP contribution in [-0.4, -0.2) is 30.3 Å². The molecule has 11 heavy (non-hydrogen) atoms. The van der Waals surface area contributed by atoms with Crippen molar-refractivity contribution in [2.75, 3.05) is 0 Å². The molecule has 0 aliphatic heterocycles. The maximum absolute atomic E-state index is 5.45. The van der Waals surface area contributed by atoms with Gasteiger partial charge in [-0.2, -0.15) is 0 Å². The molecule has 0 saturated heterocycles. The highest BCUT2D eigenvalue weighted by molar-refractivity contribution is 6.41. The van der Waals surface area contributed by atoms with Gasteiger partial charge in [0.2, 0.25) is 0 Å². The Kier molecular flexibility index (Phi) is 11.1. The van der Waals surface area contributed by atoms with Gasteiger partial charge in [-0.05, 0) is 6.04 Å². The molecule has 0 aromatic heterocycles. The van der Waals surface area contributed by atoms with E-state index in [1.165, 1.54) is 31.7 Å². The monoisotopic (exact) mass is 208 g/mol. The van der Waals surface area contributed by atoms with Crippen LogP contribution < -0.4 is 0 Å². The molecule has 0 spiro atoms. The molecular formula is C6H20O2Si3. The summed E-state index contributed by atoms with van der Waals surface area (Å²) in [4.78, 5) is 0. The zero-order valence-corrected chi connectivity index (χ0v) is 12.6. The van der Waals surface area contributed by atoms with Gasteiger partial charge >= 0.3 is 0 Å². The fourth-order valence-electron chi connectivity index (χ4n) is 0.950. The molecule has 0 aromatic carbocycles. The Hall–Kier alpha value is 0.571. The first kappa shape index (κ1) is 11.6. The van der Waals surface area contributed by atoms with Gasteiger partial charge in [0.25, 0.3) is 10.0 Å². The number of unbranched alkanes of at least 4 members (excludes halogenated alkanes) is 3. The summed E-state index contributed by atoms with van der Waals surface area (Å²) in [6.07, 6.45) is 5.51. The van der Waals surface area contributed by atoms with Gasteiger partial charge in [0.05, 0.1) is 0 Å². The third kappa shape index (κ3) is 10.6. The molecule has 0 amide bonds. The quantitative estimate of drug-likeness (QED) is 0.391. The zero-order valence-electron chi connectivity index (χ0n) is 7.77. The van der Waals surface area contributed by atoms with E-state index in [0.29, 0.717) is 0 Å². The van der Waals surface area contributed by atoms with Gasteiger partial charge in [-0.3, -0.25) is 0 Å². The minimum atomic E-state index is -0.494. The Morgan fingerprint density at radius 3 is 2.73 bits per heavy atom. The highest BCUT2D eigenvalue weighted by Gasteiger charge is 1.89. The number of hydrogen-bond acceptors (Lipinski definition) is 2. The maximum atomic E-state index is 5.45. The summed E-state index contributed by atoms with van der Waals surface area (Å²) in [5.74, 6) is 0. The van der Waals surface area contributed by atoms with E-state index in [9.17, 15) is 0 Å². The Morgan fingerprint density at radius 1 is 1.27 bits per heavy atom. The molecule has 5 heteroatoms. The first-order valence-electron chi connectivity index (χ1n) is 4.48. The molecule has 0 unspecified atom stereocenters. The van der Waals surface area contributed by atoms with Gasteiger partial charge in [-0.1, -0.05) is 32.6 Å². The fraction of sp³-hybridized carbons (Fsp3) is 1.00. The predicted molar refractivity (Wildman–Crippen MR) is 58.1 cm³/mol. The predicted octanol–water partition coefficient (Wildman–Crippen LogP) is -0.619. The third-order valence-electron chi connectivity index (χ3n) is 1.59. The van der Waals surface area contributed by atoms with Crippen LogP contribution in [0.25, 0.3) is 0 Å². The van der Waals surface area contributed by atoms with Crippen LogP contribution in [0.3, 0.4) is 0 Å².